The van der Waals surface area contributed by atoms with Crippen molar-refractivity contribution in [2.75, 3.05) is 31.6 Å². The first-order chi connectivity index (χ1) is 13.4. The summed E-state index contributed by atoms with van der Waals surface area (Å²) in [5.74, 6) is 2.33. The molecule has 1 aromatic heterocycles. The molecule has 1 aliphatic rings. The van der Waals surface area contributed by atoms with Crippen molar-refractivity contribution in [2.45, 2.75) is 46.1 Å². The van der Waals surface area contributed by atoms with Crippen molar-refractivity contribution in [3.8, 4) is 5.75 Å². The molecule has 1 aromatic carbocycles. The molecule has 1 fully saturated rings. The van der Waals surface area contributed by atoms with Crippen molar-refractivity contribution in [1.29, 1.82) is 0 Å². The summed E-state index contributed by atoms with van der Waals surface area (Å²) in [4.78, 5) is 11.3. The molecule has 1 unspecified atom stereocenters. The summed E-state index contributed by atoms with van der Waals surface area (Å²) < 4.78 is 18.8. The van der Waals surface area contributed by atoms with Gasteiger partial charge in [0, 0.05) is 30.9 Å². The number of aryl methyl sites for hydroxylation is 2. The van der Waals surface area contributed by atoms with E-state index in [4.69, 9.17) is 4.74 Å². The Kier molecular flexibility index (Phi) is 6.83. The van der Waals surface area contributed by atoms with E-state index in [1.807, 2.05) is 19.9 Å². The SMILES string of the molecule is COc1ccc(CC(C)CNC2CCN(c3cc(C)nc(C)n3)CC2)cc1F. The van der Waals surface area contributed by atoms with Crippen molar-refractivity contribution < 1.29 is 9.13 Å². The van der Waals surface area contributed by atoms with Crippen molar-refractivity contribution in [1.82, 2.24) is 15.3 Å². The van der Waals surface area contributed by atoms with E-state index < -0.39 is 0 Å². The summed E-state index contributed by atoms with van der Waals surface area (Å²) in [5, 5.41) is 3.70. The minimum absolute atomic E-state index is 0.289. The number of halogens is 1. The van der Waals surface area contributed by atoms with Crippen LogP contribution < -0.4 is 15.0 Å². The number of aromatic nitrogens is 2. The Balaban J connectivity index is 1.44. The number of rotatable bonds is 7. The maximum atomic E-state index is 13.8. The number of ether oxygens (including phenoxy) is 1. The fourth-order valence-electron chi connectivity index (χ4n) is 3.85. The summed E-state index contributed by atoms with van der Waals surface area (Å²) in [6.07, 6.45) is 3.06. The van der Waals surface area contributed by atoms with E-state index in [1.165, 1.54) is 7.11 Å². The molecule has 152 valence electrons. The summed E-state index contributed by atoms with van der Waals surface area (Å²) in [6.45, 7) is 9.11. The molecule has 1 N–H and O–H groups in total. The highest BCUT2D eigenvalue weighted by molar-refractivity contribution is 5.40. The molecule has 0 amide bonds. The average molecular weight is 387 g/mol. The largest absolute Gasteiger partial charge is 0.494 e. The van der Waals surface area contributed by atoms with Gasteiger partial charge in [0.2, 0.25) is 0 Å². The molecule has 2 aromatic rings. The summed E-state index contributed by atoms with van der Waals surface area (Å²) in [5.41, 5.74) is 2.03. The minimum Gasteiger partial charge on any atom is -0.494 e. The van der Waals surface area contributed by atoms with Gasteiger partial charge in [0.25, 0.3) is 0 Å². The van der Waals surface area contributed by atoms with Gasteiger partial charge in [-0.05, 0) is 63.3 Å². The third-order valence-electron chi connectivity index (χ3n) is 5.33. The van der Waals surface area contributed by atoms with Crippen molar-refractivity contribution in [2.24, 2.45) is 5.92 Å². The summed E-state index contributed by atoms with van der Waals surface area (Å²) >= 11 is 0. The Labute approximate surface area is 167 Å². The van der Waals surface area contributed by atoms with Crippen LogP contribution in [-0.4, -0.2) is 42.8 Å². The summed E-state index contributed by atoms with van der Waals surface area (Å²) in [7, 11) is 1.49. The predicted octanol–water partition coefficient (Wildman–Crippen LogP) is 3.68. The van der Waals surface area contributed by atoms with Gasteiger partial charge in [0.1, 0.15) is 11.6 Å². The van der Waals surface area contributed by atoms with E-state index in [9.17, 15) is 4.39 Å². The van der Waals surface area contributed by atoms with Crippen LogP contribution in [-0.2, 0) is 6.42 Å². The zero-order valence-corrected chi connectivity index (χ0v) is 17.3. The second-order valence-electron chi connectivity index (χ2n) is 7.86. The van der Waals surface area contributed by atoms with Gasteiger partial charge in [-0.2, -0.15) is 0 Å². The van der Waals surface area contributed by atoms with Crippen LogP contribution >= 0.6 is 0 Å². The average Bonchev–Trinajstić information content (AvgIpc) is 2.66. The molecule has 3 rings (SSSR count). The molecule has 0 radical (unpaired) electrons. The zero-order chi connectivity index (χ0) is 20.1. The molecule has 2 heterocycles. The Hall–Kier alpha value is -2.21. The van der Waals surface area contributed by atoms with Gasteiger partial charge >= 0.3 is 0 Å². The molecule has 5 nitrogen and oxygen atoms in total. The second-order valence-corrected chi connectivity index (χ2v) is 7.86. The Morgan fingerprint density at radius 2 is 1.96 bits per heavy atom. The third-order valence-corrected chi connectivity index (χ3v) is 5.33. The van der Waals surface area contributed by atoms with E-state index >= 15 is 0 Å². The molecular formula is C22H31FN4O. The topological polar surface area (TPSA) is 50.3 Å². The lowest BCUT2D eigenvalue weighted by Gasteiger charge is -2.34. The van der Waals surface area contributed by atoms with Crippen molar-refractivity contribution >= 4 is 5.82 Å². The van der Waals surface area contributed by atoms with Crippen LogP contribution in [0.3, 0.4) is 0 Å². The molecule has 6 heteroatoms. The van der Waals surface area contributed by atoms with Crippen LogP contribution in [0.1, 0.15) is 36.8 Å². The van der Waals surface area contributed by atoms with Crippen LogP contribution in [0.5, 0.6) is 5.75 Å². The number of hydrogen-bond acceptors (Lipinski definition) is 5. The van der Waals surface area contributed by atoms with Gasteiger partial charge < -0.3 is 15.0 Å². The predicted molar refractivity (Wildman–Crippen MR) is 111 cm³/mol. The van der Waals surface area contributed by atoms with Gasteiger partial charge in [-0.3, -0.25) is 0 Å². The lowest BCUT2D eigenvalue weighted by atomic mass is 9.99. The van der Waals surface area contributed by atoms with E-state index in [-0.39, 0.29) is 5.82 Å². The Morgan fingerprint density at radius 1 is 1.21 bits per heavy atom. The molecular weight excluding hydrogens is 355 g/mol. The second kappa shape index (κ2) is 9.32. The first kappa shape index (κ1) is 20.5. The van der Waals surface area contributed by atoms with E-state index in [2.05, 4.69) is 33.2 Å². The molecule has 0 spiro atoms. The molecule has 0 bridgehead atoms. The highest BCUT2D eigenvalue weighted by atomic mass is 19.1. The maximum Gasteiger partial charge on any atom is 0.165 e. The Bertz CT molecular complexity index is 770. The first-order valence-corrected chi connectivity index (χ1v) is 10.1. The molecule has 1 saturated heterocycles. The van der Waals surface area contributed by atoms with Crippen LogP contribution in [0.4, 0.5) is 10.2 Å². The molecule has 0 aliphatic carbocycles. The van der Waals surface area contributed by atoms with Gasteiger partial charge in [0.05, 0.1) is 7.11 Å². The Morgan fingerprint density at radius 3 is 2.61 bits per heavy atom. The number of methoxy groups -OCH3 is 1. The van der Waals surface area contributed by atoms with Gasteiger partial charge in [-0.25, -0.2) is 14.4 Å². The fraction of sp³-hybridized carbons (Fsp3) is 0.545. The lowest BCUT2D eigenvalue weighted by molar-refractivity contribution is 0.379. The fourth-order valence-corrected chi connectivity index (χ4v) is 3.85. The maximum absolute atomic E-state index is 13.8. The van der Waals surface area contributed by atoms with Crippen LogP contribution in [0.25, 0.3) is 0 Å². The third kappa shape index (κ3) is 5.41. The van der Waals surface area contributed by atoms with E-state index in [0.717, 1.165) is 61.8 Å². The van der Waals surface area contributed by atoms with Gasteiger partial charge in [0.15, 0.2) is 11.6 Å². The zero-order valence-electron chi connectivity index (χ0n) is 17.3. The summed E-state index contributed by atoms with van der Waals surface area (Å²) in [6, 6.07) is 7.83. The number of nitrogens with zero attached hydrogens (tertiary/aromatic N) is 3. The van der Waals surface area contributed by atoms with Crippen molar-refractivity contribution in [3.05, 3.63) is 47.2 Å². The number of anilines is 1. The monoisotopic (exact) mass is 386 g/mol. The minimum atomic E-state index is -0.289. The normalized spacial score (nSPS) is 16.2. The standard InChI is InChI=1S/C22H31FN4O/c1-15(11-18-5-6-21(28-4)20(23)13-18)14-24-19-7-9-27(10-8-19)22-12-16(2)25-17(3)26-22/h5-6,12-13,15,19,24H,7-11,14H2,1-4H3. The lowest BCUT2D eigenvalue weighted by Crippen LogP contribution is -2.44. The van der Waals surface area contributed by atoms with Crippen LogP contribution in [0.2, 0.25) is 0 Å². The molecule has 0 saturated carbocycles. The van der Waals surface area contributed by atoms with Gasteiger partial charge in [-0.1, -0.05) is 13.0 Å². The number of benzene rings is 1. The van der Waals surface area contributed by atoms with E-state index in [1.54, 1.807) is 12.1 Å². The highest BCUT2D eigenvalue weighted by Crippen LogP contribution is 2.21. The number of piperidine rings is 1. The number of nitrogens with one attached hydrogen (secondary N) is 1. The van der Waals surface area contributed by atoms with Crippen LogP contribution in [0.15, 0.2) is 24.3 Å². The molecule has 1 aliphatic heterocycles. The molecule has 28 heavy (non-hydrogen) atoms. The molecule has 1 atom stereocenters. The smallest absolute Gasteiger partial charge is 0.165 e. The van der Waals surface area contributed by atoms with Crippen LogP contribution in [0, 0.1) is 25.6 Å². The first-order valence-electron chi connectivity index (χ1n) is 10.1. The quantitative estimate of drug-likeness (QED) is 0.787. The van der Waals surface area contributed by atoms with Crippen molar-refractivity contribution in [3.63, 3.8) is 0 Å². The highest BCUT2D eigenvalue weighted by Gasteiger charge is 2.21. The number of hydrogen-bond donors (Lipinski definition) is 1. The van der Waals surface area contributed by atoms with Gasteiger partial charge in [-0.15, -0.1) is 0 Å². The van der Waals surface area contributed by atoms with E-state index in [0.29, 0.717) is 17.7 Å².